The van der Waals surface area contributed by atoms with Crippen molar-refractivity contribution in [3.63, 3.8) is 0 Å². The van der Waals surface area contributed by atoms with Crippen molar-refractivity contribution < 1.29 is 9.47 Å². The van der Waals surface area contributed by atoms with E-state index in [4.69, 9.17) is 9.47 Å². The van der Waals surface area contributed by atoms with Crippen molar-refractivity contribution >= 4 is 27.3 Å². The van der Waals surface area contributed by atoms with E-state index in [1.54, 1.807) is 19.1 Å². The number of rotatable bonds is 4. The van der Waals surface area contributed by atoms with Crippen LogP contribution >= 0.6 is 27.3 Å². The molecule has 0 spiro atoms. The lowest BCUT2D eigenvalue weighted by atomic mass is 9.98. The molecular weight excluding hydrogens is 348 g/mol. The fourth-order valence-corrected chi connectivity index (χ4v) is 4.87. The highest BCUT2D eigenvalue weighted by Gasteiger charge is 2.21. The number of methoxy groups -OCH3 is 2. The summed E-state index contributed by atoms with van der Waals surface area (Å²) >= 11 is 5.78. The molecule has 112 valence electrons. The zero-order chi connectivity index (χ0) is 14.8. The first-order valence-electron chi connectivity index (χ1n) is 7.20. The molecule has 21 heavy (non-hydrogen) atoms. The van der Waals surface area contributed by atoms with Crippen LogP contribution in [0.25, 0.3) is 0 Å². The van der Waals surface area contributed by atoms with Gasteiger partial charge in [-0.05, 0) is 43.4 Å². The predicted octanol–water partition coefficient (Wildman–Crippen LogP) is 5.13. The number of thiophene rings is 1. The van der Waals surface area contributed by atoms with Crippen molar-refractivity contribution in [1.82, 2.24) is 0 Å². The van der Waals surface area contributed by atoms with Crippen LogP contribution in [0, 0.1) is 0 Å². The van der Waals surface area contributed by atoms with E-state index in [9.17, 15) is 0 Å². The van der Waals surface area contributed by atoms with Gasteiger partial charge in [0.1, 0.15) is 11.5 Å². The van der Waals surface area contributed by atoms with Crippen LogP contribution in [0.5, 0.6) is 11.5 Å². The number of aryl methyl sites for hydroxylation is 2. The van der Waals surface area contributed by atoms with Gasteiger partial charge in [0.05, 0.1) is 19.0 Å². The van der Waals surface area contributed by atoms with Gasteiger partial charge in [-0.1, -0.05) is 22.0 Å². The minimum atomic E-state index is 0.175. The minimum Gasteiger partial charge on any atom is -0.497 e. The van der Waals surface area contributed by atoms with Crippen LogP contribution in [0.4, 0.5) is 0 Å². The smallest absolute Gasteiger partial charge is 0.127 e. The molecule has 4 heteroatoms. The molecule has 2 nitrogen and oxygen atoms in total. The van der Waals surface area contributed by atoms with Crippen molar-refractivity contribution in [3.8, 4) is 11.5 Å². The first kappa shape index (κ1) is 14.9. The highest BCUT2D eigenvalue weighted by Crippen LogP contribution is 2.43. The number of halogens is 1. The molecule has 0 saturated carbocycles. The van der Waals surface area contributed by atoms with Gasteiger partial charge in [0, 0.05) is 21.4 Å². The summed E-state index contributed by atoms with van der Waals surface area (Å²) in [6.45, 7) is 0. The van der Waals surface area contributed by atoms with Crippen LogP contribution in [0.1, 0.15) is 38.6 Å². The number of benzene rings is 1. The zero-order valence-electron chi connectivity index (χ0n) is 12.3. The Morgan fingerprint density at radius 3 is 2.62 bits per heavy atom. The maximum absolute atomic E-state index is 5.53. The van der Waals surface area contributed by atoms with Gasteiger partial charge in [-0.25, -0.2) is 0 Å². The number of hydrogen-bond donors (Lipinski definition) is 0. The van der Waals surface area contributed by atoms with Crippen LogP contribution in [0.3, 0.4) is 0 Å². The van der Waals surface area contributed by atoms with Crippen LogP contribution in [-0.2, 0) is 12.8 Å². The molecular formula is C17H19BrO2S. The van der Waals surface area contributed by atoms with Crippen LogP contribution in [-0.4, -0.2) is 14.2 Å². The lowest BCUT2D eigenvalue weighted by Gasteiger charge is -2.14. The summed E-state index contributed by atoms with van der Waals surface area (Å²) in [5, 5.41) is 0. The van der Waals surface area contributed by atoms with Gasteiger partial charge in [0.25, 0.3) is 0 Å². The average Bonchev–Trinajstić information content (AvgIpc) is 2.97. The summed E-state index contributed by atoms with van der Waals surface area (Å²) in [7, 11) is 3.38. The third-order valence-electron chi connectivity index (χ3n) is 3.98. The molecule has 1 aromatic carbocycles. The highest BCUT2D eigenvalue weighted by atomic mass is 79.9. The number of hydrogen-bond acceptors (Lipinski definition) is 3. The van der Waals surface area contributed by atoms with Gasteiger partial charge in [0.2, 0.25) is 0 Å². The summed E-state index contributed by atoms with van der Waals surface area (Å²) in [5.41, 5.74) is 2.69. The molecule has 0 radical (unpaired) electrons. The zero-order valence-corrected chi connectivity index (χ0v) is 14.7. The van der Waals surface area contributed by atoms with Crippen molar-refractivity contribution in [2.45, 2.75) is 30.5 Å². The molecule has 1 aromatic heterocycles. The third-order valence-corrected chi connectivity index (χ3v) is 6.57. The molecule has 1 heterocycles. The normalized spacial score (nSPS) is 15.4. The van der Waals surface area contributed by atoms with Crippen LogP contribution < -0.4 is 9.47 Å². The van der Waals surface area contributed by atoms with E-state index in [0.29, 0.717) is 0 Å². The second-order valence-electron chi connectivity index (χ2n) is 5.27. The van der Waals surface area contributed by atoms with E-state index in [0.717, 1.165) is 17.1 Å². The second kappa shape index (κ2) is 6.41. The quantitative estimate of drug-likeness (QED) is 0.698. The molecule has 0 aliphatic heterocycles. The SMILES string of the molecule is COc1ccc(C(Br)c2cc3c(s2)CCCC3)c(OC)c1. The molecule has 0 saturated heterocycles. The summed E-state index contributed by atoms with van der Waals surface area (Å²) in [4.78, 5) is 3.10. The van der Waals surface area contributed by atoms with Gasteiger partial charge in [-0.2, -0.15) is 0 Å². The monoisotopic (exact) mass is 366 g/mol. The average molecular weight is 367 g/mol. The Morgan fingerprint density at radius 2 is 1.90 bits per heavy atom. The van der Waals surface area contributed by atoms with Gasteiger partial charge in [-0.15, -0.1) is 11.3 Å². The third kappa shape index (κ3) is 2.97. The summed E-state index contributed by atoms with van der Waals surface area (Å²) < 4.78 is 10.8. The fraction of sp³-hybridized carbons (Fsp3) is 0.412. The maximum atomic E-state index is 5.53. The van der Waals surface area contributed by atoms with Crippen molar-refractivity contribution in [1.29, 1.82) is 0 Å². The van der Waals surface area contributed by atoms with Crippen molar-refractivity contribution in [3.05, 3.63) is 45.1 Å². The molecule has 1 aliphatic carbocycles. The molecule has 0 fully saturated rings. The first-order chi connectivity index (χ1) is 10.2. The van der Waals surface area contributed by atoms with E-state index < -0.39 is 0 Å². The number of alkyl halides is 1. The Morgan fingerprint density at radius 1 is 1.10 bits per heavy atom. The van der Waals surface area contributed by atoms with E-state index in [1.165, 1.54) is 36.1 Å². The summed E-state index contributed by atoms with van der Waals surface area (Å²) in [6.07, 6.45) is 5.11. The number of ether oxygens (including phenoxy) is 2. The molecule has 1 atom stereocenters. The highest BCUT2D eigenvalue weighted by molar-refractivity contribution is 9.09. The van der Waals surface area contributed by atoms with Gasteiger partial charge >= 0.3 is 0 Å². The largest absolute Gasteiger partial charge is 0.497 e. The molecule has 0 amide bonds. The van der Waals surface area contributed by atoms with E-state index >= 15 is 0 Å². The molecule has 3 rings (SSSR count). The lowest BCUT2D eigenvalue weighted by molar-refractivity contribution is 0.391. The van der Waals surface area contributed by atoms with Crippen LogP contribution in [0.2, 0.25) is 0 Å². The molecule has 0 N–H and O–H groups in total. The summed E-state index contributed by atoms with van der Waals surface area (Å²) in [6, 6.07) is 8.37. The Bertz CT molecular complexity index is 612. The molecule has 1 unspecified atom stereocenters. The van der Waals surface area contributed by atoms with Crippen molar-refractivity contribution in [2.75, 3.05) is 14.2 Å². The predicted molar refractivity (Wildman–Crippen MR) is 91.3 cm³/mol. The Hall–Kier alpha value is -1.00. The van der Waals surface area contributed by atoms with E-state index in [1.807, 2.05) is 23.5 Å². The van der Waals surface area contributed by atoms with Gasteiger partial charge in [-0.3, -0.25) is 0 Å². The second-order valence-corrected chi connectivity index (χ2v) is 7.36. The standard InChI is InChI=1S/C17H19BrO2S/c1-19-12-7-8-13(14(10-12)20-2)17(18)16-9-11-5-3-4-6-15(11)21-16/h7-10,17H,3-6H2,1-2H3. The first-order valence-corrected chi connectivity index (χ1v) is 8.93. The van der Waals surface area contributed by atoms with E-state index in [-0.39, 0.29) is 4.83 Å². The maximum Gasteiger partial charge on any atom is 0.127 e. The Kier molecular flexibility index (Phi) is 4.55. The summed E-state index contributed by atoms with van der Waals surface area (Å²) in [5.74, 6) is 1.68. The molecule has 0 bridgehead atoms. The van der Waals surface area contributed by atoms with E-state index in [2.05, 4.69) is 28.1 Å². The van der Waals surface area contributed by atoms with Crippen molar-refractivity contribution in [2.24, 2.45) is 0 Å². The Balaban J connectivity index is 1.94. The van der Waals surface area contributed by atoms with Gasteiger partial charge < -0.3 is 9.47 Å². The minimum absolute atomic E-state index is 0.175. The van der Waals surface area contributed by atoms with Gasteiger partial charge in [0.15, 0.2) is 0 Å². The Labute approximate surface area is 138 Å². The number of fused-ring (bicyclic) bond motifs is 1. The van der Waals surface area contributed by atoms with Crippen LogP contribution in [0.15, 0.2) is 24.3 Å². The topological polar surface area (TPSA) is 18.5 Å². The lowest BCUT2D eigenvalue weighted by Crippen LogP contribution is -1.97. The molecule has 2 aromatic rings. The molecule has 1 aliphatic rings. The fourth-order valence-electron chi connectivity index (χ4n) is 2.82.